The molecule has 132 valence electrons. The number of benzene rings is 2. The summed E-state index contributed by atoms with van der Waals surface area (Å²) >= 11 is 0. The van der Waals surface area contributed by atoms with Crippen molar-refractivity contribution in [2.75, 3.05) is 24.4 Å². The molecule has 0 radical (unpaired) electrons. The Bertz CT molecular complexity index is 563. The van der Waals surface area contributed by atoms with Crippen LogP contribution in [0.4, 0.5) is 11.4 Å². The molecule has 0 saturated heterocycles. The lowest BCUT2D eigenvalue weighted by Gasteiger charge is -2.10. The monoisotopic (exact) mass is 330 g/mol. The van der Waals surface area contributed by atoms with Gasteiger partial charge in [0, 0.05) is 24.0 Å². The van der Waals surface area contributed by atoms with Gasteiger partial charge in [-0.1, -0.05) is 27.7 Å². The highest BCUT2D eigenvalue weighted by molar-refractivity contribution is 5.94. The first kappa shape index (κ1) is 21.5. The summed E-state index contributed by atoms with van der Waals surface area (Å²) in [4.78, 5) is 11.1. The SMILES string of the molecule is CC.CC.CNc1ccc(NCOc2ccc(C(C)=O)cc2)cc1. The summed E-state index contributed by atoms with van der Waals surface area (Å²) in [5.74, 6) is 0.786. The molecule has 2 N–H and O–H groups in total. The smallest absolute Gasteiger partial charge is 0.159 e. The van der Waals surface area contributed by atoms with Crippen LogP contribution in [-0.4, -0.2) is 19.6 Å². The fourth-order valence-electron chi connectivity index (χ4n) is 1.74. The van der Waals surface area contributed by atoms with Crippen LogP contribution in [0.1, 0.15) is 45.0 Å². The minimum Gasteiger partial charge on any atom is -0.473 e. The van der Waals surface area contributed by atoms with E-state index in [-0.39, 0.29) is 5.78 Å². The van der Waals surface area contributed by atoms with Gasteiger partial charge in [-0.05, 0) is 55.5 Å². The zero-order chi connectivity index (χ0) is 18.4. The highest BCUT2D eigenvalue weighted by Crippen LogP contribution is 2.15. The lowest BCUT2D eigenvalue weighted by atomic mass is 10.1. The number of hydrogen-bond donors (Lipinski definition) is 2. The first-order valence-electron chi connectivity index (χ1n) is 8.44. The standard InChI is InChI=1S/C16H18N2O2.2C2H6/c1-12(19)13-3-9-16(10-4-13)20-11-18-15-7-5-14(17-2)6-8-15;2*1-2/h3-10,17-18H,11H2,1-2H3;2*1-2H3. The van der Waals surface area contributed by atoms with Crippen LogP contribution in [0.5, 0.6) is 5.75 Å². The van der Waals surface area contributed by atoms with E-state index in [0.717, 1.165) is 17.1 Å². The highest BCUT2D eigenvalue weighted by atomic mass is 16.5. The van der Waals surface area contributed by atoms with E-state index >= 15 is 0 Å². The second-order valence-corrected chi connectivity index (χ2v) is 4.37. The van der Waals surface area contributed by atoms with Gasteiger partial charge in [0.1, 0.15) is 5.75 Å². The largest absolute Gasteiger partial charge is 0.473 e. The fourth-order valence-corrected chi connectivity index (χ4v) is 1.74. The third kappa shape index (κ3) is 7.68. The van der Waals surface area contributed by atoms with E-state index in [4.69, 9.17) is 4.74 Å². The van der Waals surface area contributed by atoms with Gasteiger partial charge < -0.3 is 15.4 Å². The van der Waals surface area contributed by atoms with Gasteiger partial charge >= 0.3 is 0 Å². The number of carbonyl (C=O) groups excluding carboxylic acids is 1. The van der Waals surface area contributed by atoms with Crippen molar-refractivity contribution in [1.29, 1.82) is 0 Å². The van der Waals surface area contributed by atoms with Crippen molar-refractivity contribution in [3.8, 4) is 5.75 Å². The maximum absolute atomic E-state index is 11.1. The molecule has 2 aromatic carbocycles. The summed E-state index contributed by atoms with van der Waals surface area (Å²) in [6, 6.07) is 15.1. The van der Waals surface area contributed by atoms with E-state index in [1.165, 1.54) is 0 Å². The van der Waals surface area contributed by atoms with Gasteiger partial charge in [-0.2, -0.15) is 0 Å². The lowest BCUT2D eigenvalue weighted by Crippen LogP contribution is -2.08. The van der Waals surface area contributed by atoms with Crippen molar-refractivity contribution in [3.63, 3.8) is 0 Å². The average molecular weight is 330 g/mol. The van der Waals surface area contributed by atoms with E-state index in [1.807, 2.05) is 59.0 Å². The van der Waals surface area contributed by atoms with Crippen LogP contribution in [-0.2, 0) is 0 Å². The molecule has 2 aromatic rings. The maximum atomic E-state index is 11.1. The van der Waals surface area contributed by atoms with Crippen LogP contribution >= 0.6 is 0 Å². The minimum absolute atomic E-state index is 0.0549. The summed E-state index contributed by atoms with van der Waals surface area (Å²) in [6.07, 6.45) is 0. The topological polar surface area (TPSA) is 50.4 Å². The van der Waals surface area contributed by atoms with Gasteiger partial charge in [-0.25, -0.2) is 0 Å². The van der Waals surface area contributed by atoms with Gasteiger partial charge in [-0.3, -0.25) is 4.79 Å². The molecule has 0 bridgehead atoms. The second-order valence-electron chi connectivity index (χ2n) is 4.37. The Hall–Kier alpha value is -2.49. The zero-order valence-corrected chi connectivity index (χ0v) is 15.6. The van der Waals surface area contributed by atoms with Crippen molar-refractivity contribution in [2.24, 2.45) is 0 Å². The van der Waals surface area contributed by atoms with Gasteiger partial charge in [0.05, 0.1) is 0 Å². The number of ketones is 1. The Morgan fingerprint density at radius 3 is 1.83 bits per heavy atom. The molecule has 0 aliphatic carbocycles. The molecule has 0 aliphatic heterocycles. The summed E-state index contributed by atoms with van der Waals surface area (Å²) in [5, 5.41) is 6.23. The second kappa shape index (κ2) is 13.0. The average Bonchev–Trinajstić information content (AvgIpc) is 2.66. The van der Waals surface area contributed by atoms with Crippen LogP contribution in [0, 0.1) is 0 Å². The van der Waals surface area contributed by atoms with Gasteiger partial charge in [0.15, 0.2) is 12.5 Å². The minimum atomic E-state index is 0.0549. The maximum Gasteiger partial charge on any atom is 0.159 e. The van der Waals surface area contributed by atoms with Gasteiger partial charge in [0.2, 0.25) is 0 Å². The molecule has 0 saturated carbocycles. The number of anilines is 2. The molecule has 0 spiro atoms. The summed E-state index contributed by atoms with van der Waals surface area (Å²) in [6.45, 7) is 9.92. The molecule has 24 heavy (non-hydrogen) atoms. The predicted molar refractivity (Wildman–Crippen MR) is 104 cm³/mol. The van der Waals surface area contributed by atoms with E-state index in [0.29, 0.717) is 12.3 Å². The van der Waals surface area contributed by atoms with Crippen LogP contribution in [0.25, 0.3) is 0 Å². The van der Waals surface area contributed by atoms with Crippen LogP contribution < -0.4 is 15.4 Å². The molecule has 2 rings (SSSR count). The van der Waals surface area contributed by atoms with Crippen molar-refractivity contribution >= 4 is 17.2 Å². The Morgan fingerprint density at radius 2 is 1.38 bits per heavy atom. The van der Waals surface area contributed by atoms with Crippen molar-refractivity contribution in [2.45, 2.75) is 34.6 Å². The Kier molecular flexibility index (Phi) is 11.6. The molecular formula is C20H30N2O2. The van der Waals surface area contributed by atoms with Crippen LogP contribution in [0.3, 0.4) is 0 Å². The summed E-state index contributed by atoms with van der Waals surface area (Å²) < 4.78 is 5.56. The normalized spacial score (nSPS) is 8.75. The molecule has 0 aromatic heterocycles. The first-order chi connectivity index (χ1) is 11.7. The van der Waals surface area contributed by atoms with Gasteiger partial charge in [0.25, 0.3) is 0 Å². The summed E-state index contributed by atoms with van der Waals surface area (Å²) in [5.41, 5.74) is 2.74. The molecule has 0 atom stereocenters. The Morgan fingerprint density at radius 1 is 0.875 bits per heavy atom. The first-order valence-corrected chi connectivity index (χ1v) is 8.44. The van der Waals surface area contributed by atoms with Crippen LogP contribution in [0.2, 0.25) is 0 Å². The molecule has 0 heterocycles. The summed E-state index contributed by atoms with van der Waals surface area (Å²) in [7, 11) is 1.89. The van der Waals surface area contributed by atoms with E-state index in [9.17, 15) is 4.79 Å². The van der Waals surface area contributed by atoms with E-state index < -0.39 is 0 Å². The third-order valence-corrected chi connectivity index (χ3v) is 2.95. The van der Waals surface area contributed by atoms with E-state index in [1.54, 1.807) is 31.2 Å². The quantitative estimate of drug-likeness (QED) is 0.547. The molecule has 0 amide bonds. The molecule has 0 aliphatic rings. The number of ether oxygens (including phenoxy) is 1. The van der Waals surface area contributed by atoms with Gasteiger partial charge in [-0.15, -0.1) is 0 Å². The Balaban J connectivity index is 0.00000123. The van der Waals surface area contributed by atoms with Crippen molar-refractivity contribution in [1.82, 2.24) is 0 Å². The molecule has 0 unspecified atom stereocenters. The number of carbonyl (C=O) groups is 1. The zero-order valence-electron chi connectivity index (χ0n) is 15.6. The molecule has 4 nitrogen and oxygen atoms in total. The fraction of sp³-hybridized carbons (Fsp3) is 0.350. The molecule has 4 heteroatoms. The molecular weight excluding hydrogens is 300 g/mol. The predicted octanol–water partition coefficient (Wildman–Crippen LogP) is 5.43. The van der Waals surface area contributed by atoms with Crippen molar-refractivity contribution < 1.29 is 9.53 Å². The highest BCUT2D eigenvalue weighted by Gasteiger charge is 1.99. The number of rotatable bonds is 6. The molecule has 0 fully saturated rings. The number of nitrogens with one attached hydrogen (secondary N) is 2. The van der Waals surface area contributed by atoms with Crippen LogP contribution in [0.15, 0.2) is 48.5 Å². The van der Waals surface area contributed by atoms with E-state index in [2.05, 4.69) is 10.6 Å². The Labute approximate surface area is 146 Å². The van der Waals surface area contributed by atoms with Crippen molar-refractivity contribution in [3.05, 3.63) is 54.1 Å². The lowest BCUT2D eigenvalue weighted by molar-refractivity contribution is 0.101. The third-order valence-electron chi connectivity index (χ3n) is 2.95. The number of hydrogen-bond acceptors (Lipinski definition) is 4. The number of Topliss-reactive ketones (excluding diaryl/α,β-unsaturated/α-hetero) is 1.